The predicted molar refractivity (Wildman–Crippen MR) is 39.3 cm³/mol. The van der Waals surface area contributed by atoms with Gasteiger partial charge in [-0.1, -0.05) is 0 Å². The summed E-state index contributed by atoms with van der Waals surface area (Å²) >= 11 is 0. The van der Waals surface area contributed by atoms with Gasteiger partial charge in [-0.2, -0.15) is 0 Å². The summed E-state index contributed by atoms with van der Waals surface area (Å²) in [6, 6.07) is 0. The van der Waals surface area contributed by atoms with E-state index in [1.54, 1.807) is 0 Å². The Morgan fingerprint density at radius 3 is 0.217 bits per heavy atom. The van der Waals surface area contributed by atoms with E-state index in [0.717, 1.165) is 0 Å². The van der Waals surface area contributed by atoms with Crippen LogP contribution in [0.5, 0.6) is 0 Å². The summed E-state index contributed by atoms with van der Waals surface area (Å²) in [5.41, 5.74) is 0. The van der Waals surface area contributed by atoms with E-state index in [9.17, 15) is 0 Å². The van der Waals surface area contributed by atoms with Gasteiger partial charge in [-0.3, -0.25) is 0 Å². The molecule has 0 saturated heterocycles. The predicted octanol–water partition coefficient (Wildman–Crippen LogP) is -0.383. The normalized spacial score (nSPS) is 0.870. The smallest absolute Gasteiger partial charge is 0 e. The number of hydrogen-bond acceptors (Lipinski definition) is 0. The second-order valence-corrected chi connectivity index (χ2v) is 0. The van der Waals surface area contributed by atoms with Gasteiger partial charge in [-0.25, -0.2) is 0 Å². The van der Waals surface area contributed by atoms with Crippen molar-refractivity contribution in [2.75, 3.05) is 0 Å². The number of rotatable bonds is 0. The van der Waals surface area contributed by atoms with Gasteiger partial charge in [0.25, 0.3) is 0 Å². The van der Waals surface area contributed by atoms with Crippen molar-refractivity contribution < 1.29 is 100 Å². The van der Waals surface area contributed by atoms with Crippen LogP contribution in [0.3, 0.4) is 0 Å². The Hall–Kier alpha value is -0.938. The summed E-state index contributed by atoms with van der Waals surface area (Å²) in [5, 5.41) is 0. The van der Waals surface area contributed by atoms with Crippen molar-refractivity contribution in [2.24, 2.45) is 0 Å². The second-order valence-electron chi connectivity index (χ2n) is 0. The van der Waals surface area contributed by atoms with Crippen LogP contribution >= 0.6 is 0 Å². The minimum Gasteiger partial charge on any atom is 0 e. The van der Waals surface area contributed by atoms with E-state index in [1.165, 1.54) is 0 Å². The summed E-state index contributed by atoms with van der Waals surface area (Å²) in [4.78, 5) is 0. The molecule has 0 aromatic heterocycles. The van der Waals surface area contributed by atoms with Gasteiger partial charge < -0.3 is 0 Å². The van der Waals surface area contributed by atoms with Crippen LogP contribution in [0, 0.1) is 66.5 Å². The molecule has 116 valence electrons. The average molecular weight is 455 g/mol. The molecular weight excluding hydrogens is 455 g/mol. The molecule has 0 heterocycles. The molecule has 0 bridgehead atoms. The van der Waals surface area contributed by atoms with Crippen molar-refractivity contribution in [3.05, 3.63) is 66.5 Å². The van der Waals surface area contributed by atoms with Crippen molar-refractivity contribution >= 4 is 0 Å². The maximum atomic E-state index is 7.50. The quantitative estimate of drug-likeness (QED) is 0.261. The van der Waals surface area contributed by atoms with Crippen LogP contribution in [0.1, 0.15) is 0 Å². The van der Waals surface area contributed by atoms with E-state index in [1.807, 2.05) is 0 Å². The number of hydrogen-bond donors (Lipinski definition) is 0. The average Bonchev–Trinajstić information content (AvgIpc) is 2.71. The maximum Gasteiger partial charge on any atom is 0 e. The summed E-state index contributed by atoms with van der Waals surface area (Å²) in [7, 11) is 0. The van der Waals surface area contributed by atoms with E-state index < -0.39 is 0 Å². The fraction of sp³-hybridized carbons (Fsp3) is 0. The van der Waals surface area contributed by atoms with Crippen LogP contribution in [-0.2, 0) is 100 Å². The topological polar surface area (TPSA) is 199 Å². The third-order valence-corrected chi connectivity index (χ3v) is 0. The van der Waals surface area contributed by atoms with E-state index in [-0.39, 0.29) is 53.6 Å². The minimum absolute atomic E-state index is 0. The van der Waals surface area contributed by atoms with Gasteiger partial charge in [0.1, 0.15) is 0 Å². The molecule has 13 heteroatoms. The largest absolute Gasteiger partial charge is 0 e. The monoisotopic (exact) mass is 454 g/mol. The standard InChI is InChI=1S/10CO.2Mn.Zn/c10*1-2;;;. The van der Waals surface area contributed by atoms with Crippen LogP contribution in [0.25, 0.3) is 0 Å². The molecule has 2 radical (unpaired) electrons. The van der Waals surface area contributed by atoms with Crippen molar-refractivity contribution in [3.8, 4) is 0 Å². The minimum atomic E-state index is 0. The van der Waals surface area contributed by atoms with E-state index in [0.29, 0.717) is 0 Å². The first kappa shape index (κ1) is 119. The van der Waals surface area contributed by atoms with Gasteiger partial charge in [-0.05, 0) is 0 Å². The molecule has 0 fully saturated rings. The fourth-order valence-corrected chi connectivity index (χ4v) is 0. The van der Waals surface area contributed by atoms with Gasteiger partial charge in [0.15, 0.2) is 0 Å². The van der Waals surface area contributed by atoms with Gasteiger partial charge in [0, 0.05) is 53.6 Å². The zero-order valence-corrected chi connectivity index (χ0v) is 15.9. The SMILES string of the molecule is [C-]#[O+].[C-]#[O+].[C-]#[O+].[C-]#[O+].[C-]#[O+].[C-]#[O+].[C-]#[O+].[C-]#[O+].[C-]#[O+].[C-]#[O+].[Mn].[Mn].[Zn]. The first-order valence-corrected chi connectivity index (χ1v) is 2.04. The molecule has 0 aliphatic carbocycles. The summed E-state index contributed by atoms with van der Waals surface area (Å²) in [6.45, 7) is 45.0. The van der Waals surface area contributed by atoms with E-state index >= 15 is 0 Å². The van der Waals surface area contributed by atoms with Gasteiger partial charge in [-0.15, -0.1) is 0 Å². The third-order valence-electron chi connectivity index (χ3n) is 0. The van der Waals surface area contributed by atoms with Crippen LogP contribution in [-0.4, -0.2) is 0 Å². The maximum absolute atomic E-state index is 7.50. The molecule has 0 aromatic rings. The molecular formula is C10Mn2O10Zn. The first-order valence-electron chi connectivity index (χ1n) is 2.04. The molecule has 10 nitrogen and oxygen atoms in total. The van der Waals surface area contributed by atoms with Crippen molar-refractivity contribution in [3.63, 3.8) is 0 Å². The van der Waals surface area contributed by atoms with Crippen molar-refractivity contribution in [1.29, 1.82) is 0 Å². The Bertz CT molecular complexity index is 183. The van der Waals surface area contributed by atoms with Gasteiger partial charge in [0.05, 0.1) is 0 Å². The molecule has 0 spiro atoms. The zero-order chi connectivity index (χ0) is 20.0. The van der Waals surface area contributed by atoms with Gasteiger partial charge in [0.2, 0.25) is 0 Å². The summed E-state index contributed by atoms with van der Waals surface area (Å²) in [5.74, 6) is 0. The first-order chi connectivity index (χ1) is 10.0. The van der Waals surface area contributed by atoms with Crippen molar-refractivity contribution in [2.45, 2.75) is 0 Å². The Morgan fingerprint density at radius 2 is 0.217 bits per heavy atom. The van der Waals surface area contributed by atoms with Crippen LogP contribution in [0.15, 0.2) is 0 Å². The molecule has 0 atom stereocenters. The zero-order valence-electron chi connectivity index (χ0n) is 10.5. The van der Waals surface area contributed by atoms with Crippen LogP contribution in [0.2, 0.25) is 0 Å². The fourth-order valence-electron chi connectivity index (χ4n) is 0. The molecule has 0 aromatic carbocycles. The Morgan fingerprint density at radius 1 is 0.217 bits per heavy atom. The molecule has 0 aliphatic heterocycles. The summed E-state index contributed by atoms with van der Waals surface area (Å²) in [6.07, 6.45) is 0. The second kappa shape index (κ2) is 9640. The molecule has 0 rings (SSSR count). The Labute approximate surface area is 166 Å². The van der Waals surface area contributed by atoms with Crippen LogP contribution in [0.4, 0.5) is 0 Å². The summed E-state index contributed by atoms with van der Waals surface area (Å²) < 4.78 is 75.0. The third kappa shape index (κ3) is 8700. The molecule has 23 heavy (non-hydrogen) atoms. The van der Waals surface area contributed by atoms with Gasteiger partial charge >= 0.3 is 113 Å². The molecule has 0 aliphatic rings. The van der Waals surface area contributed by atoms with Crippen molar-refractivity contribution in [1.82, 2.24) is 0 Å². The molecule has 0 unspecified atom stereocenters. The molecule has 0 amide bonds. The Balaban J connectivity index is -0.00000000433. The van der Waals surface area contributed by atoms with Crippen LogP contribution < -0.4 is 0 Å². The molecule has 0 N–H and O–H groups in total. The van der Waals surface area contributed by atoms with E-state index in [2.05, 4.69) is 66.5 Å². The Kier molecular flexibility index (Phi) is 50000. The van der Waals surface area contributed by atoms with E-state index in [4.69, 9.17) is 46.5 Å². The molecule has 0 saturated carbocycles.